The van der Waals surface area contributed by atoms with E-state index in [0.717, 1.165) is 22.2 Å². The molecule has 4 nitrogen and oxygen atoms in total. The quantitative estimate of drug-likeness (QED) is 0.639. The maximum Gasteiger partial charge on any atom is 0.273 e. The van der Waals surface area contributed by atoms with Crippen molar-refractivity contribution in [2.75, 3.05) is 7.05 Å². The molecule has 1 aliphatic rings. The molecule has 0 N–H and O–H groups in total. The molecule has 21 heavy (non-hydrogen) atoms. The molecule has 0 atom stereocenters. The van der Waals surface area contributed by atoms with Gasteiger partial charge in [-0.25, -0.2) is 4.68 Å². The van der Waals surface area contributed by atoms with Crippen LogP contribution in [0.25, 0.3) is 16.6 Å². The zero-order valence-corrected chi connectivity index (χ0v) is 12.1. The van der Waals surface area contributed by atoms with Crippen molar-refractivity contribution in [1.29, 1.82) is 0 Å². The Morgan fingerprint density at radius 1 is 1.19 bits per heavy atom. The largest absolute Gasteiger partial charge is 0.336 e. The average Bonchev–Trinajstić information content (AvgIpc) is 2.80. The van der Waals surface area contributed by atoms with Crippen molar-refractivity contribution in [2.45, 2.75) is 6.54 Å². The Morgan fingerprint density at radius 3 is 2.86 bits per heavy atom. The van der Waals surface area contributed by atoms with E-state index in [9.17, 15) is 4.79 Å². The highest BCUT2D eigenvalue weighted by Crippen LogP contribution is 2.29. The summed E-state index contributed by atoms with van der Waals surface area (Å²) >= 11 is 6.04. The molecule has 2 aromatic carbocycles. The molecule has 0 saturated carbocycles. The molecule has 0 fully saturated rings. The van der Waals surface area contributed by atoms with E-state index in [2.05, 4.69) is 5.10 Å². The van der Waals surface area contributed by atoms with Gasteiger partial charge in [0.05, 0.1) is 11.2 Å². The third-order valence-corrected chi connectivity index (χ3v) is 4.05. The fourth-order valence-corrected chi connectivity index (χ4v) is 2.97. The second-order valence-corrected chi connectivity index (χ2v) is 5.65. The van der Waals surface area contributed by atoms with Crippen LogP contribution in [0.5, 0.6) is 0 Å². The standard InChI is InChI=1S/C16H12ClN3O/c1-19-9-10-4-2-3-5-14(10)20-15(16(19)21)12-7-6-11(17)8-13(12)18-20/h2-8H,9H2,1H3. The van der Waals surface area contributed by atoms with Gasteiger partial charge in [-0.2, -0.15) is 5.10 Å². The van der Waals surface area contributed by atoms with Gasteiger partial charge in [-0.05, 0) is 29.8 Å². The third-order valence-electron chi connectivity index (χ3n) is 3.81. The Bertz CT molecular complexity index is 884. The van der Waals surface area contributed by atoms with E-state index in [0.29, 0.717) is 17.3 Å². The van der Waals surface area contributed by atoms with Crippen LogP contribution >= 0.6 is 11.6 Å². The van der Waals surface area contributed by atoms with Crippen molar-refractivity contribution in [3.63, 3.8) is 0 Å². The van der Waals surface area contributed by atoms with E-state index in [1.807, 2.05) is 37.4 Å². The second-order valence-electron chi connectivity index (χ2n) is 5.21. The minimum absolute atomic E-state index is 0.0315. The third kappa shape index (κ3) is 1.76. The summed E-state index contributed by atoms with van der Waals surface area (Å²) in [6.07, 6.45) is 0. The topological polar surface area (TPSA) is 38.1 Å². The van der Waals surface area contributed by atoms with E-state index in [-0.39, 0.29) is 5.91 Å². The van der Waals surface area contributed by atoms with Crippen molar-refractivity contribution < 1.29 is 4.79 Å². The highest BCUT2D eigenvalue weighted by atomic mass is 35.5. The van der Waals surface area contributed by atoms with Crippen LogP contribution in [0.4, 0.5) is 0 Å². The molecular formula is C16H12ClN3O. The van der Waals surface area contributed by atoms with Crippen molar-refractivity contribution in [1.82, 2.24) is 14.7 Å². The number of aromatic nitrogens is 2. The summed E-state index contributed by atoms with van der Waals surface area (Å²) < 4.78 is 1.74. The van der Waals surface area contributed by atoms with Crippen LogP contribution in [-0.4, -0.2) is 27.6 Å². The van der Waals surface area contributed by atoms with Crippen LogP contribution in [0.15, 0.2) is 42.5 Å². The van der Waals surface area contributed by atoms with Gasteiger partial charge >= 0.3 is 0 Å². The Hall–Kier alpha value is -2.33. The maximum absolute atomic E-state index is 12.7. The van der Waals surface area contributed by atoms with Gasteiger partial charge in [0.1, 0.15) is 5.69 Å². The van der Waals surface area contributed by atoms with Crippen LogP contribution in [-0.2, 0) is 6.54 Å². The van der Waals surface area contributed by atoms with Crippen LogP contribution < -0.4 is 0 Å². The first-order valence-corrected chi connectivity index (χ1v) is 7.05. The molecule has 2 heterocycles. The molecule has 0 unspecified atom stereocenters. The smallest absolute Gasteiger partial charge is 0.273 e. The normalized spacial score (nSPS) is 14.0. The van der Waals surface area contributed by atoms with Crippen molar-refractivity contribution >= 4 is 28.4 Å². The number of benzene rings is 2. The fraction of sp³-hybridized carbons (Fsp3) is 0.125. The van der Waals surface area contributed by atoms with Crippen LogP contribution in [0.2, 0.25) is 5.02 Å². The number of nitrogens with zero attached hydrogens (tertiary/aromatic N) is 3. The number of fused-ring (bicyclic) bond motifs is 5. The Balaban J connectivity index is 2.13. The molecule has 0 radical (unpaired) electrons. The molecule has 0 saturated heterocycles. The van der Waals surface area contributed by atoms with Gasteiger partial charge in [-0.3, -0.25) is 4.79 Å². The van der Waals surface area contributed by atoms with Gasteiger partial charge in [0, 0.05) is 24.0 Å². The number of hydrogen-bond donors (Lipinski definition) is 0. The van der Waals surface area contributed by atoms with Gasteiger partial charge in [0.15, 0.2) is 0 Å². The second kappa shape index (κ2) is 4.33. The van der Waals surface area contributed by atoms with Crippen molar-refractivity contribution in [3.05, 3.63) is 58.7 Å². The van der Waals surface area contributed by atoms with Crippen LogP contribution in [0.3, 0.4) is 0 Å². The first kappa shape index (κ1) is 12.4. The van der Waals surface area contributed by atoms with Gasteiger partial charge in [0.25, 0.3) is 5.91 Å². The molecule has 0 bridgehead atoms. The summed E-state index contributed by atoms with van der Waals surface area (Å²) in [7, 11) is 1.81. The lowest BCUT2D eigenvalue weighted by Gasteiger charge is -2.13. The monoisotopic (exact) mass is 297 g/mol. The lowest BCUT2D eigenvalue weighted by molar-refractivity contribution is 0.0783. The summed E-state index contributed by atoms with van der Waals surface area (Å²) in [5.74, 6) is -0.0315. The molecule has 1 aliphatic heterocycles. The Morgan fingerprint density at radius 2 is 2.00 bits per heavy atom. The molecule has 0 spiro atoms. The molecule has 1 amide bonds. The highest BCUT2D eigenvalue weighted by molar-refractivity contribution is 6.31. The molecule has 104 valence electrons. The SMILES string of the molecule is CN1Cc2ccccc2-n2nc3cc(Cl)ccc3c2C1=O. The lowest BCUT2D eigenvalue weighted by atomic mass is 10.2. The summed E-state index contributed by atoms with van der Waals surface area (Å²) in [5, 5.41) is 6.03. The average molecular weight is 298 g/mol. The van der Waals surface area contributed by atoms with E-state index < -0.39 is 0 Å². The lowest BCUT2D eigenvalue weighted by Crippen LogP contribution is -2.25. The number of rotatable bonds is 0. The Labute approximate surface area is 126 Å². The highest BCUT2D eigenvalue weighted by Gasteiger charge is 2.27. The van der Waals surface area contributed by atoms with Gasteiger partial charge in [-0.1, -0.05) is 29.8 Å². The van der Waals surface area contributed by atoms with Gasteiger partial charge in [0.2, 0.25) is 0 Å². The van der Waals surface area contributed by atoms with E-state index in [4.69, 9.17) is 11.6 Å². The summed E-state index contributed by atoms with van der Waals surface area (Å²) in [6, 6.07) is 13.4. The predicted octanol–water partition coefficient (Wildman–Crippen LogP) is 3.26. The van der Waals surface area contributed by atoms with Gasteiger partial charge < -0.3 is 4.90 Å². The maximum atomic E-state index is 12.7. The van der Waals surface area contributed by atoms with Crippen LogP contribution in [0.1, 0.15) is 16.1 Å². The molecular weight excluding hydrogens is 286 g/mol. The zero-order chi connectivity index (χ0) is 14.6. The molecule has 3 aromatic rings. The molecule has 0 aliphatic carbocycles. The van der Waals surface area contributed by atoms with Crippen LogP contribution in [0, 0.1) is 0 Å². The fourth-order valence-electron chi connectivity index (χ4n) is 2.80. The minimum Gasteiger partial charge on any atom is -0.336 e. The molecule has 5 heteroatoms. The zero-order valence-electron chi connectivity index (χ0n) is 11.4. The Kier molecular flexibility index (Phi) is 2.56. The number of halogens is 1. The predicted molar refractivity (Wildman–Crippen MR) is 81.9 cm³/mol. The first-order chi connectivity index (χ1) is 10.1. The number of carbonyl (C=O) groups excluding carboxylic acids is 1. The van der Waals surface area contributed by atoms with Gasteiger partial charge in [-0.15, -0.1) is 0 Å². The number of carbonyl (C=O) groups is 1. The molecule has 1 aromatic heterocycles. The van der Waals surface area contributed by atoms with E-state index in [1.54, 1.807) is 21.7 Å². The minimum atomic E-state index is -0.0315. The van der Waals surface area contributed by atoms with E-state index >= 15 is 0 Å². The summed E-state index contributed by atoms with van der Waals surface area (Å²) in [6.45, 7) is 0.577. The molecule has 4 rings (SSSR count). The number of para-hydroxylation sites is 1. The first-order valence-electron chi connectivity index (χ1n) is 6.67. The summed E-state index contributed by atoms with van der Waals surface area (Å²) in [4.78, 5) is 14.4. The number of amides is 1. The van der Waals surface area contributed by atoms with Crippen molar-refractivity contribution in [2.24, 2.45) is 0 Å². The van der Waals surface area contributed by atoms with E-state index in [1.165, 1.54) is 0 Å². The summed E-state index contributed by atoms with van der Waals surface area (Å²) in [5.41, 5.74) is 3.34. The van der Waals surface area contributed by atoms with Crippen molar-refractivity contribution in [3.8, 4) is 5.69 Å². The number of hydrogen-bond acceptors (Lipinski definition) is 2.